The number of rotatable bonds is 4. The molecule has 0 aliphatic heterocycles. The summed E-state index contributed by atoms with van der Waals surface area (Å²) in [6, 6.07) is 4.81. The molecule has 0 aliphatic rings. The maximum atomic E-state index is 13.4. The molecular formula is C12H16FN3OS. The molecule has 2 N–H and O–H groups in total. The largest absolute Gasteiger partial charge is 0.494 e. The van der Waals surface area contributed by atoms with Crippen LogP contribution in [0.1, 0.15) is 19.4 Å². The van der Waals surface area contributed by atoms with Crippen molar-refractivity contribution in [1.82, 2.24) is 10.7 Å². The zero-order valence-electron chi connectivity index (χ0n) is 10.5. The van der Waals surface area contributed by atoms with Gasteiger partial charge in [-0.15, -0.1) is 0 Å². The van der Waals surface area contributed by atoms with E-state index in [1.54, 1.807) is 12.1 Å². The van der Waals surface area contributed by atoms with E-state index in [-0.39, 0.29) is 11.8 Å². The quantitative estimate of drug-likeness (QED) is 0.499. The molecule has 18 heavy (non-hydrogen) atoms. The third-order valence-corrected chi connectivity index (χ3v) is 2.18. The zero-order valence-corrected chi connectivity index (χ0v) is 11.3. The van der Waals surface area contributed by atoms with Crippen molar-refractivity contribution < 1.29 is 9.13 Å². The third-order valence-electron chi connectivity index (χ3n) is 1.98. The van der Waals surface area contributed by atoms with Gasteiger partial charge in [0.25, 0.3) is 0 Å². The van der Waals surface area contributed by atoms with Crippen molar-refractivity contribution in [3.8, 4) is 5.75 Å². The number of hydrogen-bond donors (Lipinski definition) is 2. The van der Waals surface area contributed by atoms with Crippen LogP contribution in [0.4, 0.5) is 4.39 Å². The van der Waals surface area contributed by atoms with Crippen LogP contribution in [0.2, 0.25) is 0 Å². The minimum Gasteiger partial charge on any atom is -0.494 e. The monoisotopic (exact) mass is 269 g/mol. The molecule has 0 atom stereocenters. The van der Waals surface area contributed by atoms with E-state index in [4.69, 9.17) is 17.0 Å². The van der Waals surface area contributed by atoms with Gasteiger partial charge in [-0.05, 0) is 49.8 Å². The molecule has 0 fully saturated rings. The van der Waals surface area contributed by atoms with E-state index in [9.17, 15) is 4.39 Å². The van der Waals surface area contributed by atoms with Crippen LogP contribution in [-0.2, 0) is 0 Å². The molecule has 4 nitrogen and oxygen atoms in total. The lowest BCUT2D eigenvalue weighted by Crippen LogP contribution is -2.36. The van der Waals surface area contributed by atoms with Crippen LogP contribution in [0.5, 0.6) is 5.75 Å². The number of thiocarbonyl (C=S) groups is 1. The molecule has 0 saturated heterocycles. The van der Waals surface area contributed by atoms with Crippen molar-refractivity contribution in [3.05, 3.63) is 29.6 Å². The molecule has 0 saturated carbocycles. The first-order valence-electron chi connectivity index (χ1n) is 5.46. The van der Waals surface area contributed by atoms with Gasteiger partial charge in [0, 0.05) is 6.04 Å². The molecule has 0 heterocycles. The minimum absolute atomic E-state index is 0.206. The Labute approximate surface area is 111 Å². The summed E-state index contributed by atoms with van der Waals surface area (Å²) in [5, 5.41) is 7.30. The molecule has 6 heteroatoms. The zero-order chi connectivity index (χ0) is 13.5. The molecule has 98 valence electrons. The lowest BCUT2D eigenvalue weighted by atomic mass is 10.2. The number of nitrogens with zero attached hydrogens (tertiary/aromatic N) is 1. The Hall–Kier alpha value is -1.69. The normalized spacial score (nSPS) is 10.7. The molecule has 1 aromatic rings. The summed E-state index contributed by atoms with van der Waals surface area (Å²) in [4.78, 5) is 0. The number of benzene rings is 1. The molecule has 0 aromatic heterocycles. The molecule has 0 spiro atoms. The summed E-state index contributed by atoms with van der Waals surface area (Å²) in [7, 11) is 1.42. The number of methoxy groups -OCH3 is 1. The Morgan fingerprint density at radius 2 is 2.22 bits per heavy atom. The highest BCUT2D eigenvalue weighted by molar-refractivity contribution is 7.80. The van der Waals surface area contributed by atoms with E-state index < -0.39 is 5.82 Å². The van der Waals surface area contributed by atoms with E-state index in [1.807, 2.05) is 13.8 Å². The van der Waals surface area contributed by atoms with Crippen molar-refractivity contribution >= 4 is 23.5 Å². The highest BCUT2D eigenvalue weighted by Gasteiger charge is 2.01. The molecule has 0 aliphatic carbocycles. The van der Waals surface area contributed by atoms with Crippen molar-refractivity contribution in [2.45, 2.75) is 19.9 Å². The number of nitrogens with one attached hydrogen (secondary N) is 2. The van der Waals surface area contributed by atoms with Gasteiger partial charge in [-0.3, -0.25) is 5.43 Å². The first kappa shape index (κ1) is 14.4. The van der Waals surface area contributed by atoms with Gasteiger partial charge in [-0.2, -0.15) is 5.10 Å². The SMILES string of the molecule is COc1ccc(/C=N\NC(=S)NC(C)C)cc1F. The van der Waals surface area contributed by atoms with Crippen LogP contribution in [0, 0.1) is 5.82 Å². The van der Waals surface area contributed by atoms with Gasteiger partial charge >= 0.3 is 0 Å². The summed E-state index contributed by atoms with van der Waals surface area (Å²) >= 11 is 4.98. The molecule has 0 amide bonds. The highest BCUT2D eigenvalue weighted by atomic mass is 32.1. The van der Waals surface area contributed by atoms with E-state index in [2.05, 4.69) is 15.8 Å². The predicted molar refractivity (Wildman–Crippen MR) is 74.6 cm³/mol. The summed E-state index contributed by atoms with van der Waals surface area (Å²) in [6.07, 6.45) is 1.48. The second-order valence-corrected chi connectivity index (χ2v) is 4.30. The maximum Gasteiger partial charge on any atom is 0.187 e. The molecule has 0 unspecified atom stereocenters. The van der Waals surface area contributed by atoms with Gasteiger partial charge in [0.1, 0.15) is 0 Å². The average molecular weight is 269 g/mol. The average Bonchev–Trinajstić information content (AvgIpc) is 2.28. The fraction of sp³-hybridized carbons (Fsp3) is 0.333. The summed E-state index contributed by atoms with van der Waals surface area (Å²) in [5.41, 5.74) is 3.27. The Morgan fingerprint density at radius 1 is 1.50 bits per heavy atom. The van der Waals surface area contributed by atoms with Gasteiger partial charge in [0.05, 0.1) is 13.3 Å². The van der Waals surface area contributed by atoms with Gasteiger partial charge in [-0.1, -0.05) is 0 Å². The van der Waals surface area contributed by atoms with Gasteiger partial charge in [0.2, 0.25) is 0 Å². The minimum atomic E-state index is -0.427. The molecule has 0 radical (unpaired) electrons. The van der Waals surface area contributed by atoms with Crippen LogP contribution in [-0.4, -0.2) is 24.5 Å². The first-order valence-corrected chi connectivity index (χ1v) is 5.87. The Morgan fingerprint density at radius 3 is 2.78 bits per heavy atom. The van der Waals surface area contributed by atoms with Gasteiger partial charge < -0.3 is 10.1 Å². The maximum absolute atomic E-state index is 13.4. The number of ether oxygens (including phenoxy) is 1. The number of halogens is 1. The highest BCUT2D eigenvalue weighted by Crippen LogP contribution is 2.16. The first-order chi connectivity index (χ1) is 8.52. The van der Waals surface area contributed by atoms with Crippen LogP contribution < -0.4 is 15.5 Å². The lowest BCUT2D eigenvalue weighted by Gasteiger charge is -2.09. The number of hydrogen-bond acceptors (Lipinski definition) is 3. The van der Waals surface area contributed by atoms with E-state index >= 15 is 0 Å². The van der Waals surface area contributed by atoms with Gasteiger partial charge in [0.15, 0.2) is 16.7 Å². The molecule has 1 rings (SSSR count). The van der Waals surface area contributed by atoms with E-state index in [0.717, 1.165) is 0 Å². The summed E-state index contributed by atoms with van der Waals surface area (Å²) in [6.45, 7) is 3.94. The van der Waals surface area contributed by atoms with Crippen molar-refractivity contribution in [2.75, 3.05) is 7.11 Å². The van der Waals surface area contributed by atoms with Crippen LogP contribution in [0.3, 0.4) is 0 Å². The summed E-state index contributed by atoms with van der Waals surface area (Å²) < 4.78 is 18.2. The van der Waals surface area contributed by atoms with Crippen molar-refractivity contribution in [2.24, 2.45) is 5.10 Å². The molecule has 0 bridgehead atoms. The topological polar surface area (TPSA) is 45.6 Å². The van der Waals surface area contributed by atoms with Gasteiger partial charge in [-0.25, -0.2) is 4.39 Å². The van der Waals surface area contributed by atoms with E-state index in [0.29, 0.717) is 10.7 Å². The predicted octanol–water partition coefficient (Wildman–Crippen LogP) is 2.04. The van der Waals surface area contributed by atoms with E-state index in [1.165, 1.54) is 19.4 Å². The fourth-order valence-corrected chi connectivity index (χ4v) is 1.51. The Bertz CT molecular complexity index is 449. The third kappa shape index (κ3) is 4.67. The smallest absolute Gasteiger partial charge is 0.187 e. The molecular weight excluding hydrogens is 253 g/mol. The Kier molecular flexibility index (Phi) is 5.51. The van der Waals surface area contributed by atoms with Crippen LogP contribution in [0.25, 0.3) is 0 Å². The van der Waals surface area contributed by atoms with Crippen molar-refractivity contribution in [3.63, 3.8) is 0 Å². The number of hydrazone groups is 1. The lowest BCUT2D eigenvalue weighted by molar-refractivity contribution is 0.386. The molecule has 1 aromatic carbocycles. The standard InChI is InChI=1S/C12H16FN3OS/c1-8(2)15-12(18)16-14-7-9-4-5-11(17-3)10(13)6-9/h4-8H,1-3H3,(H2,15,16,18)/b14-7-. The van der Waals surface area contributed by atoms with Crippen molar-refractivity contribution in [1.29, 1.82) is 0 Å². The summed E-state index contributed by atoms with van der Waals surface area (Å²) in [5.74, 6) is -0.221. The van der Waals surface area contributed by atoms with Crippen LogP contribution >= 0.6 is 12.2 Å². The van der Waals surface area contributed by atoms with Crippen LogP contribution in [0.15, 0.2) is 23.3 Å². The Balaban J connectivity index is 2.57. The fourth-order valence-electron chi connectivity index (χ4n) is 1.22. The second kappa shape index (κ2) is 6.90. The second-order valence-electron chi connectivity index (χ2n) is 3.89.